The molecule has 0 aromatic rings. The Kier molecular flexibility index (Phi) is 3.65. The first-order valence-electron chi connectivity index (χ1n) is 7.16. The average Bonchev–Trinajstić information content (AvgIpc) is 2.79. The molecule has 1 N–H and O–H groups in total. The first-order chi connectivity index (χ1) is 9.89. The summed E-state index contributed by atoms with van der Waals surface area (Å²) in [6.07, 6.45) is -4.05. The van der Waals surface area contributed by atoms with E-state index in [2.05, 4.69) is 0 Å². The zero-order chi connectivity index (χ0) is 16.5. The first kappa shape index (κ1) is 16.6. The molecular formula is C13H22O8S. The Morgan fingerprint density at radius 3 is 1.77 bits per heavy atom. The van der Waals surface area contributed by atoms with Gasteiger partial charge in [-0.05, 0) is 27.7 Å². The fourth-order valence-corrected chi connectivity index (χ4v) is 3.98. The Morgan fingerprint density at radius 1 is 0.864 bits per heavy atom. The third kappa shape index (κ3) is 2.91. The minimum atomic E-state index is -3.78. The largest absolute Gasteiger partial charge is 0.387 e. The molecule has 128 valence electrons. The van der Waals surface area contributed by atoms with E-state index in [1.807, 2.05) is 0 Å². The second-order valence-corrected chi connectivity index (χ2v) is 8.49. The highest BCUT2D eigenvalue weighted by Crippen LogP contribution is 2.45. The summed E-state index contributed by atoms with van der Waals surface area (Å²) in [5, 5.41) is 10.5. The highest BCUT2D eigenvalue weighted by molar-refractivity contribution is 7.86. The summed E-state index contributed by atoms with van der Waals surface area (Å²) in [6.45, 7) is 6.87. The Balaban J connectivity index is 1.95. The van der Waals surface area contributed by atoms with Gasteiger partial charge in [-0.2, -0.15) is 8.42 Å². The first-order valence-corrected chi connectivity index (χ1v) is 8.98. The molecule has 0 radical (unpaired) electrons. The van der Waals surface area contributed by atoms with Crippen molar-refractivity contribution in [3.05, 3.63) is 0 Å². The smallest absolute Gasteiger partial charge is 0.264 e. The topological polar surface area (TPSA) is 101 Å². The maximum absolute atomic E-state index is 11.5. The molecule has 1 aliphatic carbocycles. The minimum absolute atomic E-state index is 0.559. The van der Waals surface area contributed by atoms with Gasteiger partial charge in [0.15, 0.2) is 11.6 Å². The maximum Gasteiger partial charge on any atom is 0.264 e. The summed E-state index contributed by atoms with van der Waals surface area (Å²) in [5.41, 5.74) is 0. The monoisotopic (exact) mass is 338 g/mol. The van der Waals surface area contributed by atoms with E-state index in [0.29, 0.717) is 0 Å². The number of ether oxygens (including phenoxy) is 4. The van der Waals surface area contributed by atoms with E-state index >= 15 is 0 Å². The van der Waals surface area contributed by atoms with Gasteiger partial charge in [0, 0.05) is 0 Å². The van der Waals surface area contributed by atoms with Crippen molar-refractivity contribution in [1.82, 2.24) is 0 Å². The lowest BCUT2D eigenvalue weighted by Gasteiger charge is -2.39. The molecule has 8 nitrogen and oxygen atoms in total. The molecule has 22 heavy (non-hydrogen) atoms. The van der Waals surface area contributed by atoms with Crippen molar-refractivity contribution in [2.24, 2.45) is 0 Å². The molecule has 0 aromatic heterocycles. The molecule has 2 saturated heterocycles. The summed E-state index contributed by atoms with van der Waals surface area (Å²) in [4.78, 5) is 0. The molecule has 2 heterocycles. The zero-order valence-electron chi connectivity index (χ0n) is 13.2. The van der Waals surface area contributed by atoms with Gasteiger partial charge in [0.1, 0.15) is 36.6 Å². The highest BCUT2D eigenvalue weighted by Gasteiger charge is 2.64. The third-order valence-corrected chi connectivity index (χ3v) is 4.51. The van der Waals surface area contributed by atoms with Crippen molar-refractivity contribution in [3.63, 3.8) is 0 Å². The number of aliphatic hydroxyl groups is 1. The quantitative estimate of drug-likeness (QED) is 0.688. The van der Waals surface area contributed by atoms with E-state index in [4.69, 9.17) is 23.1 Å². The Hall–Kier alpha value is -0.290. The fraction of sp³-hybridized carbons (Fsp3) is 1.00. The number of hydrogen-bond acceptors (Lipinski definition) is 8. The second-order valence-electron chi connectivity index (χ2n) is 6.89. The minimum Gasteiger partial charge on any atom is -0.387 e. The summed E-state index contributed by atoms with van der Waals surface area (Å²) in [6, 6.07) is 0. The van der Waals surface area contributed by atoms with Crippen molar-refractivity contribution < 1.29 is 36.7 Å². The second kappa shape index (κ2) is 4.85. The molecule has 1 saturated carbocycles. The van der Waals surface area contributed by atoms with Crippen LogP contribution in [0.15, 0.2) is 0 Å². The van der Waals surface area contributed by atoms with Crippen LogP contribution in [0.5, 0.6) is 0 Å². The van der Waals surface area contributed by atoms with E-state index in [-0.39, 0.29) is 0 Å². The molecular weight excluding hydrogens is 316 g/mol. The predicted octanol–water partition coefficient (Wildman–Crippen LogP) is -0.254. The number of aliphatic hydroxyl groups excluding tert-OH is 1. The molecule has 0 bridgehead atoms. The van der Waals surface area contributed by atoms with Gasteiger partial charge in [0.25, 0.3) is 10.1 Å². The van der Waals surface area contributed by atoms with E-state index in [1.54, 1.807) is 27.7 Å². The van der Waals surface area contributed by atoms with E-state index in [0.717, 1.165) is 6.26 Å². The maximum atomic E-state index is 11.5. The van der Waals surface area contributed by atoms with Gasteiger partial charge in [0.05, 0.1) is 6.26 Å². The molecule has 0 amide bonds. The zero-order valence-corrected chi connectivity index (χ0v) is 14.0. The lowest BCUT2D eigenvalue weighted by Crippen LogP contribution is -2.62. The molecule has 0 spiro atoms. The Morgan fingerprint density at radius 2 is 1.27 bits per heavy atom. The van der Waals surface area contributed by atoms with Gasteiger partial charge in [-0.25, -0.2) is 0 Å². The van der Waals surface area contributed by atoms with E-state index < -0.39 is 58.3 Å². The highest BCUT2D eigenvalue weighted by atomic mass is 32.2. The van der Waals surface area contributed by atoms with Crippen LogP contribution >= 0.6 is 0 Å². The number of rotatable bonds is 2. The lowest BCUT2D eigenvalue weighted by molar-refractivity contribution is -0.182. The van der Waals surface area contributed by atoms with Crippen LogP contribution in [0.1, 0.15) is 27.7 Å². The third-order valence-electron chi connectivity index (χ3n) is 3.93. The van der Waals surface area contributed by atoms with Gasteiger partial charge >= 0.3 is 0 Å². The number of fused-ring (bicyclic) bond motifs is 3. The number of hydrogen-bond donors (Lipinski definition) is 1. The van der Waals surface area contributed by atoms with E-state index in [9.17, 15) is 13.5 Å². The van der Waals surface area contributed by atoms with E-state index in [1.165, 1.54) is 0 Å². The molecule has 3 aliphatic rings. The predicted molar refractivity (Wildman–Crippen MR) is 73.4 cm³/mol. The SMILES string of the molecule is CC1(C)O[C@H]2[C@@H]3OC(C)(C)O[C@H]3[C@H](O)[C@H](OS(C)(=O)=O)[C@H]2O1. The van der Waals surface area contributed by atoms with Gasteiger partial charge in [-0.3, -0.25) is 4.18 Å². The van der Waals surface area contributed by atoms with Crippen molar-refractivity contribution in [2.75, 3.05) is 6.26 Å². The summed E-state index contributed by atoms with van der Waals surface area (Å²) < 4.78 is 51.2. The van der Waals surface area contributed by atoms with Gasteiger partial charge in [0.2, 0.25) is 0 Å². The van der Waals surface area contributed by atoms with Crippen LogP contribution in [-0.4, -0.2) is 68.0 Å². The van der Waals surface area contributed by atoms with Crippen LogP contribution < -0.4 is 0 Å². The lowest BCUT2D eigenvalue weighted by atomic mass is 9.85. The normalized spacial score (nSPS) is 46.3. The van der Waals surface area contributed by atoms with Crippen molar-refractivity contribution in [3.8, 4) is 0 Å². The van der Waals surface area contributed by atoms with Crippen molar-refractivity contribution in [1.29, 1.82) is 0 Å². The Labute approximate surface area is 129 Å². The molecule has 2 aliphatic heterocycles. The average molecular weight is 338 g/mol. The van der Waals surface area contributed by atoms with Crippen LogP contribution in [0, 0.1) is 0 Å². The molecule has 0 aromatic carbocycles. The van der Waals surface area contributed by atoms with Crippen LogP contribution in [0.25, 0.3) is 0 Å². The summed E-state index contributed by atoms with van der Waals surface area (Å²) >= 11 is 0. The van der Waals surface area contributed by atoms with Crippen molar-refractivity contribution >= 4 is 10.1 Å². The molecule has 6 atom stereocenters. The Bertz CT molecular complexity index is 556. The van der Waals surface area contributed by atoms with Gasteiger partial charge in [-0.1, -0.05) is 0 Å². The summed E-state index contributed by atoms with van der Waals surface area (Å²) in [5.74, 6) is -1.84. The summed E-state index contributed by atoms with van der Waals surface area (Å²) in [7, 11) is -3.78. The molecule has 9 heteroatoms. The fourth-order valence-electron chi connectivity index (χ4n) is 3.36. The van der Waals surface area contributed by atoms with Crippen LogP contribution in [0.2, 0.25) is 0 Å². The van der Waals surface area contributed by atoms with Gasteiger partial charge in [-0.15, -0.1) is 0 Å². The van der Waals surface area contributed by atoms with Crippen LogP contribution in [0.3, 0.4) is 0 Å². The molecule has 3 fully saturated rings. The van der Waals surface area contributed by atoms with Crippen LogP contribution in [0.4, 0.5) is 0 Å². The standard InChI is InChI=1S/C13H22O8S/c1-12(2)17-7-6(14)8(21-22(5,15)16)10-11(9(7)18-12)20-13(3,4)19-10/h6-11,14H,1-5H3/t6-,7-,8-,9+,10+,11-/m0/s1. The molecule has 3 rings (SSSR count). The van der Waals surface area contributed by atoms with Crippen LogP contribution in [-0.2, 0) is 33.2 Å². The van der Waals surface area contributed by atoms with Crippen molar-refractivity contribution in [2.45, 2.75) is 75.9 Å². The van der Waals surface area contributed by atoms with Gasteiger partial charge < -0.3 is 24.1 Å². The molecule has 0 unspecified atom stereocenters.